The molecule has 0 aliphatic heterocycles. The van der Waals surface area contributed by atoms with Gasteiger partial charge in [-0.25, -0.2) is 0 Å². The van der Waals surface area contributed by atoms with Crippen LogP contribution in [0.3, 0.4) is 0 Å². The van der Waals surface area contributed by atoms with Gasteiger partial charge in [0.1, 0.15) is 0 Å². The van der Waals surface area contributed by atoms with Gasteiger partial charge in [-0.3, -0.25) is 4.79 Å². The molecule has 0 saturated carbocycles. The van der Waals surface area contributed by atoms with Crippen molar-refractivity contribution in [2.75, 3.05) is 11.1 Å². The van der Waals surface area contributed by atoms with Crippen LogP contribution >= 0.6 is 0 Å². The minimum atomic E-state index is -0.466. The van der Waals surface area contributed by atoms with Crippen LogP contribution in [0.4, 0.5) is 11.4 Å². The van der Waals surface area contributed by atoms with Crippen LogP contribution in [0.15, 0.2) is 18.2 Å². The second kappa shape index (κ2) is 5.08. The number of carbonyl (C=O) groups excluding carboxylic acids is 1. The van der Waals surface area contributed by atoms with Gasteiger partial charge in [0.2, 0.25) is 0 Å². The van der Waals surface area contributed by atoms with E-state index in [1.54, 1.807) is 18.2 Å². The van der Waals surface area contributed by atoms with Crippen molar-refractivity contribution in [3.8, 4) is 0 Å². The minimum Gasteiger partial charge on any atom is -0.397 e. The molecule has 1 amide bonds. The van der Waals surface area contributed by atoms with Gasteiger partial charge in [0.15, 0.2) is 0 Å². The predicted octanol–water partition coefficient (Wildman–Crippen LogP) is 2.36. The third kappa shape index (κ3) is 3.37. The summed E-state index contributed by atoms with van der Waals surface area (Å²) in [6.45, 7) is 6.27. The fourth-order valence-corrected chi connectivity index (χ4v) is 1.94. The number of amides is 1. The van der Waals surface area contributed by atoms with Gasteiger partial charge in [0.05, 0.1) is 16.9 Å². The van der Waals surface area contributed by atoms with Crippen molar-refractivity contribution in [2.24, 2.45) is 5.73 Å². The molecule has 1 rings (SSSR count). The van der Waals surface area contributed by atoms with Crippen LogP contribution in [-0.2, 0) is 0 Å². The number of nitrogens with two attached hydrogens (primary N) is 2. The van der Waals surface area contributed by atoms with E-state index in [9.17, 15) is 4.79 Å². The highest BCUT2D eigenvalue weighted by Gasteiger charge is 2.20. The van der Waals surface area contributed by atoms with Gasteiger partial charge in [-0.2, -0.15) is 0 Å². The van der Waals surface area contributed by atoms with Crippen LogP contribution in [0.25, 0.3) is 0 Å². The third-order valence-corrected chi connectivity index (χ3v) is 2.70. The Morgan fingerprint density at radius 3 is 2.59 bits per heavy atom. The van der Waals surface area contributed by atoms with Crippen LogP contribution in [0.2, 0.25) is 0 Å². The molecule has 4 nitrogen and oxygen atoms in total. The summed E-state index contributed by atoms with van der Waals surface area (Å²) in [5.41, 5.74) is 12.7. The van der Waals surface area contributed by atoms with Crippen LogP contribution in [0, 0.1) is 0 Å². The molecule has 1 aromatic carbocycles. The monoisotopic (exact) mass is 235 g/mol. The number of anilines is 2. The Labute approximate surface area is 102 Å². The molecule has 4 heteroatoms. The van der Waals surface area contributed by atoms with Gasteiger partial charge >= 0.3 is 0 Å². The summed E-state index contributed by atoms with van der Waals surface area (Å²) in [6, 6.07) is 5.17. The molecule has 5 N–H and O–H groups in total. The van der Waals surface area contributed by atoms with E-state index >= 15 is 0 Å². The van der Waals surface area contributed by atoms with Crippen LogP contribution < -0.4 is 16.8 Å². The van der Waals surface area contributed by atoms with E-state index in [2.05, 4.69) is 26.1 Å². The number of hydrogen-bond donors (Lipinski definition) is 3. The maximum atomic E-state index is 11.3. The molecule has 0 atom stereocenters. The number of benzene rings is 1. The fraction of sp³-hybridized carbons (Fsp3) is 0.462. The molecule has 0 fully saturated rings. The van der Waals surface area contributed by atoms with Crippen molar-refractivity contribution in [2.45, 2.75) is 39.2 Å². The van der Waals surface area contributed by atoms with Gasteiger partial charge in [0, 0.05) is 5.54 Å². The quantitative estimate of drug-likeness (QED) is 0.685. The Bertz CT molecular complexity index is 413. The van der Waals surface area contributed by atoms with E-state index in [0.717, 1.165) is 12.8 Å². The summed E-state index contributed by atoms with van der Waals surface area (Å²) in [4.78, 5) is 11.3. The highest BCUT2D eigenvalue weighted by atomic mass is 16.1. The second-order valence-corrected chi connectivity index (χ2v) is 4.89. The zero-order valence-electron chi connectivity index (χ0n) is 10.7. The summed E-state index contributed by atoms with van der Waals surface area (Å²) >= 11 is 0. The number of hydrogen-bond acceptors (Lipinski definition) is 3. The average molecular weight is 235 g/mol. The lowest BCUT2D eigenvalue weighted by Crippen LogP contribution is -2.32. The van der Waals surface area contributed by atoms with E-state index < -0.39 is 5.91 Å². The van der Waals surface area contributed by atoms with Crippen molar-refractivity contribution in [1.29, 1.82) is 0 Å². The maximum Gasteiger partial charge on any atom is 0.250 e. The smallest absolute Gasteiger partial charge is 0.250 e. The average Bonchev–Trinajstić information content (AvgIpc) is 2.20. The summed E-state index contributed by atoms with van der Waals surface area (Å²) in [6.07, 6.45) is 2.04. The topological polar surface area (TPSA) is 81.1 Å². The third-order valence-electron chi connectivity index (χ3n) is 2.70. The molecule has 0 unspecified atom stereocenters. The minimum absolute atomic E-state index is 0.117. The number of nitrogens with one attached hydrogen (secondary N) is 1. The van der Waals surface area contributed by atoms with Crippen molar-refractivity contribution in [3.05, 3.63) is 23.8 Å². The molecule has 0 bridgehead atoms. The fourth-order valence-electron chi connectivity index (χ4n) is 1.94. The lowest BCUT2D eigenvalue weighted by Gasteiger charge is -2.29. The first-order valence-electron chi connectivity index (χ1n) is 5.84. The molecule has 0 heterocycles. The first-order valence-corrected chi connectivity index (χ1v) is 5.84. The van der Waals surface area contributed by atoms with Crippen LogP contribution in [0.5, 0.6) is 0 Å². The summed E-state index contributed by atoms with van der Waals surface area (Å²) in [5.74, 6) is -0.466. The van der Waals surface area contributed by atoms with E-state index in [4.69, 9.17) is 11.5 Å². The Balaban J connectivity index is 3.08. The van der Waals surface area contributed by atoms with Gasteiger partial charge < -0.3 is 16.8 Å². The van der Waals surface area contributed by atoms with Gasteiger partial charge in [-0.1, -0.05) is 19.4 Å². The van der Waals surface area contributed by atoms with Crippen molar-refractivity contribution >= 4 is 17.3 Å². The normalized spacial score (nSPS) is 11.2. The van der Waals surface area contributed by atoms with Crippen LogP contribution in [0.1, 0.15) is 44.0 Å². The molecule has 0 aliphatic carbocycles. The lowest BCUT2D eigenvalue weighted by molar-refractivity contribution is 0.100. The standard InChI is InChI=1S/C13H21N3O/c1-4-8-13(2,3)16-11-9(12(15)17)6-5-7-10(11)14/h5-7,16H,4,8,14H2,1-3H3,(H2,15,17). The maximum absolute atomic E-state index is 11.3. The molecule has 0 aromatic heterocycles. The molecule has 0 aliphatic rings. The van der Waals surface area contributed by atoms with Gasteiger partial charge in [-0.15, -0.1) is 0 Å². The molecule has 94 valence electrons. The zero-order valence-corrected chi connectivity index (χ0v) is 10.7. The number of nitrogen functional groups attached to an aromatic ring is 1. The second-order valence-electron chi connectivity index (χ2n) is 4.89. The first kappa shape index (κ1) is 13.4. The number of rotatable bonds is 5. The number of primary amides is 1. The lowest BCUT2D eigenvalue weighted by atomic mass is 9.97. The summed E-state index contributed by atoms with van der Waals surface area (Å²) in [7, 11) is 0. The molecule has 0 spiro atoms. The summed E-state index contributed by atoms with van der Waals surface area (Å²) < 4.78 is 0. The highest BCUT2D eigenvalue weighted by molar-refractivity contribution is 6.01. The first-order chi connectivity index (χ1) is 7.87. The Morgan fingerprint density at radius 2 is 2.06 bits per heavy atom. The zero-order chi connectivity index (χ0) is 13.1. The molecule has 0 saturated heterocycles. The SMILES string of the molecule is CCCC(C)(C)Nc1c(N)cccc1C(N)=O. The van der Waals surface area contributed by atoms with E-state index in [0.29, 0.717) is 16.9 Å². The molecule has 0 radical (unpaired) electrons. The molecule has 1 aromatic rings. The van der Waals surface area contributed by atoms with E-state index in [1.807, 2.05) is 0 Å². The largest absolute Gasteiger partial charge is 0.397 e. The Hall–Kier alpha value is -1.71. The molecule has 17 heavy (non-hydrogen) atoms. The molecular weight excluding hydrogens is 214 g/mol. The molecular formula is C13H21N3O. The number of para-hydroxylation sites is 1. The summed E-state index contributed by atoms with van der Waals surface area (Å²) in [5, 5.41) is 3.31. The van der Waals surface area contributed by atoms with Gasteiger partial charge in [-0.05, 0) is 32.4 Å². The number of carbonyl (C=O) groups is 1. The Kier molecular flexibility index (Phi) is 3.99. The van der Waals surface area contributed by atoms with Crippen molar-refractivity contribution in [1.82, 2.24) is 0 Å². The highest BCUT2D eigenvalue weighted by Crippen LogP contribution is 2.28. The predicted molar refractivity (Wildman–Crippen MR) is 72.0 cm³/mol. The van der Waals surface area contributed by atoms with Crippen molar-refractivity contribution in [3.63, 3.8) is 0 Å². The Morgan fingerprint density at radius 1 is 1.41 bits per heavy atom. The van der Waals surface area contributed by atoms with Crippen molar-refractivity contribution < 1.29 is 4.79 Å². The van der Waals surface area contributed by atoms with E-state index in [-0.39, 0.29) is 5.54 Å². The van der Waals surface area contributed by atoms with Gasteiger partial charge in [0.25, 0.3) is 5.91 Å². The van der Waals surface area contributed by atoms with Crippen LogP contribution in [-0.4, -0.2) is 11.4 Å². The van der Waals surface area contributed by atoms with E-state index in [1.165, 1.54) is 0 Å².